The molecular weight excluding hydrogens is 271 g/mol. The highest BCUT2D eigenvalue weighted by Gasteiger charge is 2.21. The summed E-state index contributed by atoms with van der Waals surface area (Å²) in [4.78, 5) is 0. The van der Waals surface area contributed by atoms with E-state index >= 15 is 0 Å². The van der Waals surface area contributed by atoms with Crippen LogP contribution in [0.5, 0.6) is 0 Å². The molecule has 1 unspecified atom stereocenters. The Balaban J connectivity index is 2.51. The molecule has 0 aliphatic heterocycles. The predicted molar refractivity (Wildman–Crippen MR) is 70.9 cm³/mol. The number of nitrogens with one attached hydrogen (secondary N) is 1. The van der Waals surface area contributed by atoms with Crippen molar-refractivity contribution in [2.45, 2.75) is 19.9 Å². The lowest BCUT2D eigenvalue weighted by molar-refractivity contribution is 0.481. The maximum atomic E-state index is 13.9. The average molecular weight is 285 g/mol. The molecule has 1 aromatic heterocycles. The van der Waals surface area contributed by atoms with Crippen molar-refractivity contribution >= 4 is 11.3 Å². The van der Waals surface area contributed by atoms with E-state index in [2.05, 4.69) is 5.32 Å². The van der Waals surface area contributed by atoms with Gasteiger partial charge in [0.1, 0.15) is 5.82 Å². The summed E-state index contributed by atoms with van der Waals surface area (Å²) in [5.74, 6) is -2.94. The van der Waals surface area contributed by atoms with E-state index < -0.39 is 23.5 Å². The fourth-order valence-electron chi connectivity index (χ4n) is 2.02. The molecule has 1 heterocycles. The summed E-state index contributed by atoms with van der Waals surface area (Å²) in [6.45, 7) is 4.39. The van der Waals surface area contributed by atoms with Gasteiger partial charge in [-0.2, -0.15) is 11.3 Å². The molecule has 2 rings (SSSR count). The fraction of sp³-hybridized carbons (Fsp3) is 0.286. The summed E-state index contributed by atoms with van der Waals surface area (Å²) in [6, 6.07) is 1.05. The topological polar surface area (TPSA) is 12.0 Å². The van der Waals surface area contributed by atoms with Crippen LogP contribution in [-0.2, 0) is 0 Å². The maximum Gasteiger partial charge on any atom is 0.161 e. The highest BCUT2D eigenvalue weighted by Crippen LogP contribution is 2.30. The van der Waals surface area contributed by atoms with Crippen molar-refractivity contribution in [2.75, 3.05) is 6.54 Å². The van der Waals surface area contributed by atoms with Crippen molar-refractivity contribution in [1.29, 1.82) is 0 Å². The number of thiophene rings is 1. The highest BCUT2D eigenvalue weighted by molar-refractivity contribution is 7.08. The van der Waals surface area contributed by atoms with Crippen LogP contribution in [0.2, 0.25) is 0 Å². The zero-order chi connectivity index (χ0) is 14.0. The van der Waals surface area contributed by atoms with Gasteiger partial charge in [-0.1, -0.05) is 6.92 Å². The third kappa shape index (κ3) is 2.82. The molecule has 0 saturated carbocycles. The van der Waals surface area contributed by atoms with Crippen molar-refractivity contribution < 1.29 is 13.2 Å². The van der Waals surface area contributed by atoms with E-state index in [9.17, 15) is 13.2 Å². The summed E-state index contributed by atoms with van der Waals surface area (Å²) in [7, 11) is 0. The van der Waals surface area contributed by atoms with Crippen LogP contribution < -0.4 is 5.32 Å². The number of aryl methyl sites for hydroxylation is 1. The van der Waals surface area contributed by atoms with Crippen molar-refractivity contribution in [3.05, 3.63) is 57.0 Å². The molecule has 0 fully saturated rings. The molecule has 5 heteroatoms. The first-order valence-electron chi connectivity index (χ1n) is 5.95. The van der Waals surface area contributed by atoms with Crippen LogP contribution >= 0.6 is 11.3 Å². The van der Waals surface area contributed by atoms with Gasteiger partial charge >= 0.3 is 0 Å². The van der Waals surface area contributed by atoms with E-state index in [1.54, 1.807) is 0 Å². The van der Waals surface area contributed by atoms with Crippen LogP contribution in [-0.4, -0.2) is 6.54 Å². The van der Waals surface area contributed by atoms with E-state index in [1.807, 2.05) is 24.6 Å². The van der Waals surface area contributed by atoms with Crippen molar-refractivity contribution in [2.24, 2.45) is 0 Å². The minimum absolute atomic E-state index is 0.127. The van der Waals surface area contributed by atoms with E-state index in [1.165, 1.54) is 11.3 Å². The minimum atomic E-state index is -1.17. The number of halogens is 3. The Morgan fingerprint density at radius 2 is 1.74 bits per heavy atom. The molecule has 0 saturated heterocycles. The second-order valence-corrected chi connectivity index (χ2v) is 5.03. The lowest BCUT2D eigenvalue weighted by atomic mass is 9.97. The van der Waals surface area contributed by atoms with Gasteiger partial charge in [0.25, 0.3) is 0 Å². The molecule has 1 aromatic carbocycles. The summed E-state index contributed by atoms with van der Waals surface area (Å²) >= 11 is 1.50. The number of hydrogen-bond donors (Lipinski definition) is 1. The fourth-order valence-corrected chi connectivity index (χ4v) is 2.89. The smallest absolute Gasteiger partial charge is 0.161 e. The zero-order valence-electron chi connectivity index (χ0n) is 10.6. The Bertz CT molecular complexity index is 580. The van der Waals surface area contributed by atoms with Gasteiger partial charge in [-0.25, -0.2) is 13.2 Å². The second kappa shape index (κ2) is 5.75. The molecule has 19 heavy (non-hydrogen) atoms. The van der Waals surface area contributed by atoms with E-state index in [0.717, 1.165) is 17.2 Å². The second-order valence-electron chi connectivity index (χ2n) is 4.29. The van der Waals surface area contributed by atoms with E-state index in [4.69, 9.17) is 0 Å². The largest absolute Gasteiger partial charge is 0.306 e. The molecule has 1 nitrogen and oxygen atoms in total. The third-order valence-electron chi connectivity index (χ3n) is 2.97. The van der Waals surface area contributed by atoms with Gasteiger partial charge in [0.05, 0.1) is 6.04 Å². The summed E-state index contributed by atoms with van der Waals surface area (Å²) in [5, 5.41) is 6.94. The van der Waals surface area contributed by atoms with E-state index in [0.29, 0.717) is 12.6 Å². The van der Waals surface area contributed by atoms with Crippen LogP contribution in [0, 0.1) is 24.4 Å². The third-order valence-corrected chi connectivity index (χ3v) is 3.84. The van der Waals surface area contributed by atoms with Gasteiger partial charge < -0.3 is 5.32 Å². The van der Waals surface area contributed by atoms with Gasteiger partial charge in [0, 0.05) is 11.6 Å². The van der Waals surface area contributed by atoms with Crippen molar-refractivity contribution in [3.63, 3.8) is 0 Å². The first-order valence-corrected chi connectivity index (χ1v) is 6.89. The monoisotopic (exact) mass is 285 g/mol. The minimum Gasteiger partial charge on any atom is -0.306 e. The Labute approximate surface area is 114 Å². The van der Waals surface area contributed by atoms with Gasteiger partial charge in [-0.05, 0) is 41.4 Å². The standard InChI is InChI=1S/C14H14F3NS/c1-3-18-14(10-7-19-6-8(10)2)9-4-12(16)13(17)5-11(9)15/h4-7,14,18H,3H2,1-2H3. The molecule has 0 aliphatic carbocycles. The Morgan fingerprint density at radius 3 is 2.32 bits per heavy atom. The molecule has 0 amide bonds. The lowest BCUT2D eigenvalue weighted by Crippen LogP contribution is -2.23. The zero-order valence-corrected chi connectivity index (χ0v) is 11.5. The normalized spacial score (nSPS) is 12.7. The van der Waals surface area contributed by atoms with Gasteiger partial charge in [-0.15, -0.1) is 0 Å². The van der Waals surface area contributed by atoms with Crippen LogP contribution in [0.15, 0.2) is 22.9 Å². The predicted octanol–water partition coefficient (Wildman–Crippen LogP) is 4.17. The Morgan fingerprint density at radius 1 is 1.05 bits per heavy atom. The average Bonchev–Trinajstić information content (AvgIpc) is 2.77. The lowest BCUT2D eigenvalue weighted by Gasteiger charge is -2.19. The Hall–Kier alpha value is -1.33. The Kier molecular flexibility index (Phi) is 4.27. The number of rotatable bonds is 4. The first-order chi connectivity index (χ1) is 9.04. The summed E-state index contributed by atoms with van der Waals surface area (Å²) in [6.07, 6.45) is 0. The van der Waals surface area contributed by atoms with Gasteiger partial charge in [0.2, 0.25) is 0 Å². The molecule has 102 valence electrons. The van der Waals surface area contributed by atoms with Gasteiger partial charge in [0.15, 0.2) is 11.6 Å². The molecule has 0 radical (unpaired) electrons. The number of hydrogen-bond acceptors (Lipinski definition) is 2. The maximum absolute atomic E-state index is 13.9. The quantitative estimate of drug-likeness (QED) is 0.831. The van der Waals surface area contributed by atoms with Crippen molar-refractivity contribution in [3.8, 4) is 0 Å². The molecule has 1 N–H and O–H groups in total. The number of benzene rings is 1. The van der Waals surface area contributed by atoms with Crippen LogP contribution in [0.1, 0.15) is 29.7 Å². The van der Waals surface area contributed by atoms with E-state index in [-0.39, 0.29) is 5.56 Å². The highest BCUT2D eigenvalue weighted by atomic mass is 32.1. The summed E-state index contributed by atoms with van der Waals surface area (Å²) < 4.78 is 40.2. The SMILES string of the molecule is CCNC(c1cscc1C)c1cc(F)c(F)cc1F. The molecule has 0 spiro atoms. The molecular formula is C14H14F3NS. The summed E-state index contributed by atoms with van der Waals surface area (Å²) in [5.41, 5.74) is 2.01. The van der Waals surface area contributed by atoms with Gasteiger partial charge in [-0.3, -0.25) is 0 Å². The molecule has 1 atom stereocenters. The first kappa shape index (κ1) is 14.1. The van der Waals surface area contributed by atoms with Crippen LogP contribution in [0.4, 0.5) is 13.2 Å². The van der Waals surface area contributed by atoms with Crippen molar-refractivity contribution in [1.82, 2.24) is 5.32 Å². The molecule has 2 aromatic rings. The van der Waals surface area contributed by atoms with Crippen LogP contribution in [0.25, 0.3) is 0 Å². The molecule has 0 aliphatic rings. The molecule has 0 bridgehead atoms. The van der Waals surface area contributed by atoms with Crippen LogP contribution in [0.3, 0.4) is 0 Å².